The third-order valence-electron chi connectivity index (χ3n) is 20.0. The van der Waals surface area contributed by atoms with Crippen molar-refractivity contribution in [2.75, 3.05) is 19.6 Å². The van der Waals surface area contributed by atoms with Crippen LogP contribution in [0.25, 0.3) is 44.5 Å². The van der Waals surface area contributed by atoms with Crippen LogP contribution in [0, 0.1) is 27.7 Å². The van der Waals surface area contributed by atoms with Gasteiger partial charge in [0, 0.05) is 68.2 Å². The fourth-order valence-electron chi connectivity index (χ4n) is 15.3. The minimum atomic E-state index is -0.858. The molecule has 0 bridgehead atoms. The number of para-hydroxylation sites is 8. The third-order valence-corrected chi connectivity index (χ3v) is 20.0. The fourth-order valence-corrected chi connectivity index (χ4v) is 15.3. The Balaban J connectivity index is 0.879. The van der Waals surface area contributed by atoms with Crippen molar-refractivity contribution in [2.24, 2.45) is 0 Å². The zero-order valence-corrected chi connectivity index (χ0v) is 59.5. The predicted molar refractivity (Wildman–Crippen MR) is 444 cm³/mol. The van der Waals surface area contributed by atoms with Crippen molar-refractivity contribution in [2.45, 2.75) is 33.1 Å². The van der Waals surface area contributed by atoms with Gasteiger partial charge in [0.1, 0.15) is 0 Å². The summed E-state index contributed by atoms with van der Waals surface area (Å²) in [6.07, 6.45) is 0. The number of anilines is 12. The predicted octanol–water partition coefficient (Wildman–Crippen LogP) is 27.9. The summed E-state index contributed by atoms with van der Waals surface area (Å²) in [5.41, 5.74) is 30.6. The van der Waals surface area contributed by atoms with E-state index in [1.807, 2.05) is 0 Å². The molecule has 0 radical (unpaired) electrons. The summed E-state index contributed by atoms with van der Waals surface area (Å²) < 4.78 is 0. The van der Waals surface area contributed by atoms with Gasteiger partial charge in [0.25, 0.3) is 0 Å². The molecular formula is C101H80N4. The van der Waals surface area contributed by atoms with Crippen molar-refractivity contribution in [1.29, 1.82) is 0 Å². The van der Waals surface area contributed by atoms with E-state index in [1.54, 1.807) is 0 Å². The lowest BCUT2D eigenvalue weighted by Gasteiger charge is -2.37. The second-order valence-electron chi connectivity index (χ2n) is 27.3. The van der Waals surface area contributed by atoms with Gasteiger partial charge in [-0.3, -0.25) is 0 Å². The molecule has 0 N–H and O–H groups in total. The van der Waals surface area contributed by atoms with E-state index in [-0.39, 0.29) is 0 Å². The lowest BCUT2D eigenvalue weighted by atomic mass is 9.64. The first-order chi connectivity index (χ1) is 51.7. The van der Waals surface area contributed by atoms with E-state index < -0.39 is 5.41 Å². The summed E-state index contributed by atoms with van der Waals surface area (Å²) in [5.74, 6) is 0. The molecule has 0 saturated heterocycles. The molecule has 16 rings (SSSR count). The molecule has 0 fully saturated rings. The normalized spacial score (nSPS) is 11.2. The number of nitrogens with zero attached hydrogens (tertiary/aromatic N) is 4. The van der Waals surface area contributed by atoms with Gasteiger partial charge in [0.15, 0.2) is 0 Å². The van der Waals surface area contributed by atoms with Crippen LogP contribution in [0.1, 0.15) is 44.5 Å². The zero-order chi connectivity index (χ0) is 71.1. The van der Waals surface area contributed by atoms with Crippen LogP contribution < -0.4 is 19.6 Å². The van der Waals surface area contributed by atoms with Gasteiger partial charge in [-0.2, -0.15) is 0 Å². The van der Waals surface area contributed by atoms with Crippen LogP contribution in [0.4, 0.5) is 68.2 Å². The minimum Gasteiger partial charge on any atom is -0.310 e. The lowest BCUT2D eigenvalue weighted by molar-refractivity contribution is 0.745. The molecule has 0 aliphatic carbocycles. The second kappa shape index (κ2) is 29.7. The second-order valence-corrected chi connectivity index (χ2v) is 27.3. The minimum absolute atomic E-state index is 0.858. The zero-order valence-electron chi connectivity index (χ0n) is 59.5. The summed E-state index contributed by atoms with van der Waals surface area (Å²) in [4.78, 5) is 9.42. The van der Waals surface area contributed by atoms with Gasteiger partial charge in [0.2, 0.25) is 0 Å². The molecule has 504 valence electrons. The van der Waals surface area contributed by atoms with Crippen LogP contribution >= 0.6 is 0 Å². The van der Waals surface area contributed by atoms with E-state index in [0.717, 1.165) is 135 Å². The first kappa shape index (κ1) is 66.3. The summed E-state index contributed by atoms with van der Waals surface area (Å²) >= 11 is 0. The Morgan fingerprint density at radius 2 is 0.295 bits per heavy atom. The van der Waals surface area contributed by atoms with E-state index in [9.17, 15) is 0 Å². The average Bonchev–Trinajstić information content (AvgIpc) is 0.727. The first-order valence-corrected chi connectivity index (χ1v) is 36.2. The highest BCUT2D eigenvalue weighted by Gasteiger charge is 2.39. The molecule has 0 aliphatic rings. The highest BCUT2D eigenvalue weighted by atomic mass is 15.2. The molecule has 0 unspecified atom stereocenters. The van der Waals surface area contributed by atoms with Crippen molar-refractivity contribution in [3.8, 4) is 44.5 Å². The maximum Gasteiger partial charge on any atom is 0.0701 e. The molecule has 4 heteroatoms. The Hall–Kier alpha value is -13.3. The molecule has 16 aromatic rings. The monoisotopic (exact) mass is 1350 g/mol. The van der Waals surface area contributed by atoms with Crippen LogP contribution in [-0.4, -0.2) is 0 Å². The van der Waals surface area contributed by atoms with E-state index >= 15 is 0 Å². The molecule has 0 heterocycles. The summed E-state index contributed by atoms with van der Waals surface area (Å²) in [7, 11) is 0. The quantitative estimate of drug-likeness (QED) is 0.0705. The van der Waals surface area contributed by atoms with E-state index in [1.165, 1.54) is 22.3 Å². The highest BCUT2D eigenvalue weighted by molar-refractivity contribution is 5.86. The van der Waals surface area contributed by atoms with Gasteiger partial charge in [0.05, 0.1) is 5.41 Å². The molecule has 0 saturated carbocycles. The van der Waals surface area contributed by atoms with Crippen molar-refractivity contribution in [3.63, 3.8) is 0 Å². The molecule has 0 aromatic heterocycles. The lowest BCUT2D eigenvalue weighted by Crippen LogP contribution is -2.31. The number of aryl methyl sites for hydroxylation is 4. The Morgan fingerprint density at radius 3 is 0.448 bits per heavy atom. The smallest absolute Gasteiger partial charge is 0.0701 e. The Labute approximate surface area is 618 Å². The molecule has 0 aliphatic heterocycles. The largest absolute Gasteiger partial charge is 0.310 e. The molecule has 16 aromatic carbocycles. The maximum atomic E-state index is 2.39. The molecule has 0 amide bonds. The number of benzene rings is 16. The van der Waals surface area contributed by atoms with Gasteiger partial charge in [-0.15, -0.1) is 0 Å². The fraction of sp³-hybridized carbons (Fsp3) is 0.0495. The van der Waals surface area contributed by atoms with Gasteiger partial charge in [-0.05, 0) is 262 Å². The van der Waals surface area contributed by atoms with Gasteiger partial charge >= 0.3 is 0 Å². The highest BCUT2D eigenvalue weighted by Crippen LogP contribution is 2.49. The Kier molecular flexibility index (Phi) is 18.8. The van der Waals surface area contributed by atoms with Gasteiger partial charge < -0.3 is 19.6 Å². The molecule has 0 spiro atoms. The number of hydrogen-bond acceptors (Lipinski definition) is 4. The maximum absolute atomic E-state index is 2.39. The van der Waals surface area contributed by atoms with Gasteiger partial charge in [-0.1, -0.05) is 267 Å². The van der Waals surface area contributed by atoms with E-state index in [0.29, 0.717) is 0 Å². The van der Waals surface area contributed by atoms with Crippen molar-refractivity contribution in [1.82, 2.24) is 0 Å². The molecule has 4 nitrogen and oxygen atoms in total. The Bertz CT molecular complexity index is 4720. The van der Waals surface area contributed by atoms with E-state index in [4.69, 9.17) is 0 Å². The third kappa shape index (κ3) is 13.9. The summed E-state index contributed by atoms with van der Waals surface area (Å²) in [6.45, 7) is 8.83. The van der Waals surface area contributed by atoms with E-state index in [2.05, 4.69) is 460 Å². The Morgan fingerprint density at radius 1 is 0.143 bits per heavy atom. The van der Waals surface area contributed by atoms with Crippen LogP contribution in [0.15, 0.2) is 413 Å². The molecule has 105 heavy (non-hydrogen) atoms. The molecule has 0 atom stereocenters. The first-order valence-electron chi connectivity index (χ1n) is 36.2. The molecular weight excluding hydrogens is 1270 g/mol. The average molecular weight is 1350 g/mol. The summed E-state index contributed by atoms with van der Waals surface area (Å²) in [5, 5.41) is 0. The number of hydrogen-bond donors (Lipinski definition) is 0. The van der Waals surface area contributed by atoms with Crippen LogP contribution in [-0.2, 0) is 5.41 Å². The standard InChI is InChI=1S/C101H80N4/c1-73-61-81(69-97(65-73)102(89-29-13-5-14-30-89)90-31-15-6-16-32-90)77-45-53-85(54-46-77)101(86-55-47-78(48-56-86)82-62-74(2)66-98(70-82)103(91-33-17-7-18-34-91)92-35-19-8-20-36-92,87-57-49-79(50-58-87)83-63-75(3)67-99(71-83)104(93-37-21-9-22-38-93)94-39-23-10-24-40-94)88-59-51-80(52-60-88)84-64-76(4)68-100(72-84)105(95-41-25-11-26-42-95)96-43-27-12-28-44-96/h5-72H,1-4H3. The van der Waals surface area contributed by atoms with Crippen molar-refractivity contribution < 1.29 is 0 Å². The topological polar surface area (TPSA) is 13.0 Å². The number of rotatable bonds is 20. The summed E-state index contributed by atoms with van der Waals surface area (Å²) in [6, 6.07) is 151. The van der Waals surface area contributed by atoms with Crippen LogP contribution in [0.2, 0.25) is 0 Å². The van der Waals surface area contributed by atoms with Gasteiger partial charge in [-0.25, -0.2) is 0 Å². The van der Waals surface area contributed by atoms with Crippen LogP contribution in [0.3, 0.4) is 0 Å². The van der Waals surface area contributed by atoms with Crippen molar-refractivity contribution in [3.05, 3.63) is 457 Å². The van der Waals surface area contributed by atoms with Crippen LogP contribution in [0.5, 0.6) is 0 Å². The SMILES string of the molecule is Cc1cc(-c2ccc(C(c3ccc(-c4cc(C)cc(N(c5ccccc5)c5ccccc5)c4)cc3)(c3ccc(-c4cc(C)cc(N(c5ccccc5)c5ccccc5)c4)cc3)c3ccc(-c4cc(C)cc(N(c5ccccc5)c5ccccc5)c4)cc3)cc2)cc(N(c2ccccc2)c2ccccc2)c1. The van der Waals surface area contributed by atoms with Crippen molar-refractivity contribution >= 4 is 68.2 Å².